The lowest BCUT2D eigenvalue weighted by molar-refractivity contribution is -0.202. The molecule has 4 aromatic rings. The molecule has 6 rings (SSSR count). The molecule has 2 saturated heterocycles. The van der Waals surface area contributed by atoms with E-state index >= 15 is 8.78 Å². The van der Waals surface area contributed by atoms with E-state index in [4.69, 9.17) is 25.2 Å². The first-order chi connectivity index (χ1) is 20.8. The Morgan fingerprint density at radius 3 is 2.63 bits per heavy atom. The van der Waals surface area contributed by atoms with E-state index in [-0.39, 0.29) is 42.5 Å². The minimum absolute atomic E-state index is 0.134. The Morgan fingerprint density at radius 1 is 1.16 bits per heavy atom. The smallest absolute Gasteiger partial charge is 0.139 e. The van der Waals surface area contributed by atoms with Crippen molar-refractivity contribution in [3.8, 4) is 17.3 Å². The summed E-state index contributed by atoms with van der Waals surface area (Å²) in [6.07, 6.45) is 5.79. The number of piperidine rings is 1. The molecule has 3 aromatic heterocycles. The number of halogens is 2. The molecule has 2 aliphatic heterocycles. The van der Waals surface area contributed by atoms with E-state index in [1.807, 2.05) is 6.07 Å². The first kappa shape index (κ1) is 29.1. The lowest BCUT2D eigenvalue weighted by Crippen LogP contribution is -2.57. The minimum atomic E-state index is -0.849. The number of methoxy groups -OCH3 is 1. The fraction of sp³-hybridized carbons (Fsp3) is 0.419. The highest BCUT2D eigenvalue weighted by atomic mass is 19.1. The lowest BCUT2D eigenvalue weighted by atomic mass is 9.90. The zero-order valence-corrected chi connectivity index (χ0v) is 24.0. The van der Waals surface area contributed by atoms with E-state index in [9.17, 15) is 0 Å². The molecule has 43 heavy (non-hydrogen) atoms. The van der Waals surface area contributed by atoms with Crippen molar-refractivity contribution in [1.29, 1.82) is 5.26 Å². The second-order valence-corrected chi connectivity index (χ2v) is 11.2. The monoisotopic (exact) mass is 589 g/mol. The number of hydrogen-bond donors (Lipinski definition) is 1. The van der Waals surface area contributed by atoms with Gasteiger partial charge in [-0.05, 0) is 35.9 Å². The van der Waals surface area contributed by atoms with Gasteiger partial charge in [0, 0.05) is 62.2 Å². The highest BCUT2D eigenvalue weighted by molar-refractivity contribution is 5.64. The second-order valence-electron chi connectivity index (χ2n) is 11.2. The van der Waals surface area contributed by atoms with Crippen molar-refractivity contribution in [2.24, 2.45) is 11.7 Å². The molecule has 0 bridgehead atoms. The largest absolute Gasteiger partial charge is 0.375 e. The van der Waals surface area contributed by atoms with E-state index in [0.29, 0.717) is 42.9 Å². The molecule has 10 nitrogen and oxygen atoms in total. The van der Waals surface area contributed by atoms with Gasteiger partial charge in [0.05, 0.1) is 61.4 Å². The quantitative estimate of drug-likeness (QED) is 0.292. The van der Waals surface area contributed by atoms with E-state index in [1.165, 1.54) is 19.2 Å². The standard InChI is InChI=1S/C31H33F2N7O3/c1-19-15-39(16-25(35)30(19)43-9-3-7-34)27-6-8-36-13-20(27)10-28-37-14-22-4-5-26(38-40(22)28)29-23(32)11-21(12-24(29)33)31(41-2)17-42-18-31/h4-6,8,11-14,19,25,30H,3,9-10,15-18,35H2,1-2H3/t19-,25+,30-/m0/s1. The summed E-state index contributed by atoms with van der Waals surface area (Å²) in [5.74, 6) is -0.717. The van der Waals surface area contributed by atoms with Gasteiger partial charge in [-0.3, -0.25) is 4.98 Å². The number of hydrogen-bond acceptors (Lipinski definition) is 9. The lowest BCUT2D eigenvalue weighted by Gasteiger charge is -2.42. The van der Waals surface area contributed by atoms with Crippen molar-refractivity contribution in [2.75, 3.05) is 44.9 Å². The van der Waals surface area contributed by atoms with E-state index in [2.05, 4.69) is 33.0 Å². The number of ether oxygens (including phenoxy) is 3. The summed E-state index contributed by atoms with van der Waals surface area (Å²) in [5.41, 5.74) is 8.57. The third kappa shape index (κ3) is 5.45. The Balaban J connectivity index is 1.27. The summed E-state index contributed by atoms with van der Waals surface area (Å²) in [7, 11) is 1.50. The molecule has 2 N–H and O–H groups in total. The zero-order valence-electron chi connectivity index (χ0n) is 24.0. The van der Waals surface area contributed by atoms with Crippen LogP contribution in [0.5, 0.6) is 0 Å². The predicted molar refractivity (Wildman–Crippen MR) is 154 cm³/mol. The number of pyridine rings is 1. The average molecular weight is 590 g/mol. The number of nitriles is 1. The predicted octanol–water partition coefficient (Wildman–Crippen LogP) is 3.61. The van der Waals surface area contributed by atoms with Crippen LogP contribution in [0.1, 0.15) is 30.3 Å². The Bertz CT molecular complexity index is 1630. The van der Waals surface area contributed by atoms with Crippen LogP contribution in [0.3, 0.4) is 0 Å². The molecule has 1 aromatic carbocycles. The third-order valence-corrected chi connectivity index (χ3v) is 8.35. The molecule has 0 amide bonds. The molecule has 12 heteroatoms. The molecule has 2 fully saturated rings. The van der Waals surface area contributed by atoms with Crippen LogP contribution in [0.15, 0.2) is 48.9 Å². The third-order valence-electron chi connectivity index (χ3n) is 8.35. The number of nitrogens with two attached hydrogens (primary N) is 1. The van der Waals surface area contributed by atoms with Gasteiger partial charge >= 0.3 is 0 Å². The van der Waals surface area contributed by atoms with Crippen LogP contribution in [0.2, 0.25) is 0 Å². The van der Waals surface area contributed by atoms with Gasteiger partial charge in [-0.2, -0.15) is 10.4 Å². The Morgan fingerprint density at radius 2 is 1.95 bits per heavy atom. The van der Waals surface area contributed by atoms with Gasteiger partial charge in [0.1, 0.15) is 23.1 Å². The average Bonchev–Trinajstić information content (AvgIpc) is 3.36. The number of imidazole rings is 1. The molecule has 0 aliphatic carbocycles. The fourth-order valence-corrected chi connectivity index (χ4v) is 6.02. The second kappa shape index (κ2) is 11.9. The number of anilines is 1. The topological polar surface area (TPSA) is 124 Å². The Labute approximate surface area is 248 Å². The van der Waals surface area contributed by atoms with Gasteiger partial charge in [0.25, 0.3) is 0 Å². The van der Waals surface area contributed by atoms with Crippen LogP contribution >= 0.6 is 0 Å². The van der Waals surface area contributed by atoms with Crippen LogP contribution < -0.4 is 10.6 Å². The zero-order chi connectivity index (χ0) is 30.1. The highest BCUT2D eigenvalue weighted by Gasteiger charge is 2.42. The number of nitrogens with zero attached hydrogens (tertiary/aromatic N) is 6. The van der Waals surface area contributed by atoms with Gasteiger partial charge < -0.3 is 24.8 Å². The van der Waals surface area contributed by atoms with Gasteiger partial charge in [-0.15, -0.1) is 0 Å². The Hall–Kier alpha value is -4.02. The highest BCUT2D eigenvalue weighted by Crippen LogP contribution is 2.37. The summed E-state index contributed by atoms with van der Waals surface area (Å²) in [6.45, 7) is 4.23. The molecule has 0 saturated carbocycles. The van der Waals surface area contributed by atoms with Crippen molar-refractivity contribution >= 4 is 11.2 Å². The molecule has 5 heterocycles. The van der Waals surface area contributed by atoms with Crippen LogP contribution in [0.25, 0.3) is 16.8 Å². The number of aromatic nitrogens is 4. The van der Waals surface area contributed by atoms with Gasteiger partial charge in [0.15, 0.2) is 0 Å². The van der Waals surface area contributed by atoms with Gasteiger partial charge in [-0.1, -0.05) is 6.92 Å². The van der Waals surface area contributed by atoms with Crippen molar-refractivity contribution in [1.82, 2.24) is 19.6 Å². The minimum Gasteiger partial charge on any atom is -0.375 e. The normalized spacial score (nSPS) is 21.5. The van der Waals surface area contributed by atoms with Crippen molar-refractivity contribution in [3.63, 3.8) is 0 Å². The van der Waals surface area contributed by atoms with Crippen LogP contribution in [0, 0.1) is 28.9 Å². The molecule has 0 unspecified atom stereocenters. The first-order valence-electron chi connectivity index (χ1n) is 14.2. The molecule has 0 spiro atoms. The van der Waals surface area contributed by atoms with Crippen molar-refractivity contribution < 1.29 is 23.0 Å². The van der Waals surface area contributed by atoms with E-state index < -0.39 is 17.2 Å². The summed E-state index contributed by atoms with van der Waals surface area (Å²) in [4.78, 5) is 11.2. The van der Waals surface area contributed by atoms with Crippen molar-refractivity contribution in [2.45, 2.75) is 37.5 Å². The maximum absolute atomic E-state index is 15.4. The molecule has 2 aliphatic rings. The van der Waals surface area contributed by atoms with Crippen LogP contribution in [-0.2, 0) is 26.2 Å². The van der Waals surface area contributed by atoms with E-state index in [0.717, 1.165) is 17.8 Å². The van der Waals surface area contributed by atoms with E-state index in [1.54, 1.807) is 35.2 Å². The Kier molecular flexibility index (Phi) is 8.07. The summed E-state index contributed by atoms with van der Waals surface area (Å²) in [5, 5.41) is 13.5. The number of fused-ring (bicyclic) bond motifs is 1. The summed E-state index contributed by atoms with van der Waals surface area (Å²) >= 11 is 0. The molecule has 3 atom stereocenters. The summed E-state index contributed by atoms with van der Waals surface area (Å²) in [6, 6.07) is 9.73. The molecular formula is C31H33F2N7O3. The molecule has 0 radical (unpaired) electrons. The fourth-order valence-electron chi connectivity index (χ4n) is 6.02. The molecular weight excluding hydrogens is 556 g/mol. The molecule has 224 valence electrons. The number of benzene rings is 1. The van der Waals surface area contributed by atoms with Gasteiger partial charge in [0.2, 0.25) is 0 Å². The number of rotatable bonds is 9. The maximum atomic E-state index is 15.4. The van der Waals surface area contributed by atoms with Gasteiger partial charge in [-0.25, -0.2) is 18.3 Å². The van der Waals surface area contributed by atoms with Crippen molar-refractivity contribution in [3.05, 3.63) is 77.5 Å². The maximum Gasteiger partial charge on any atom is 0.139 e. The first-order valence-corrected chi connectivity index (χ1v) is 14.2. The summed E-state index contributed by atoms with van der Waals surface area (Å²) < 4.78 is 49.0. The SMILES string of the molecule is COC1(c2cc(F)c(-c3ccc4cnc(Cc5cnccc5N5C[C@@H](N)[C@@H](OCCC#N)[C@@H](C)C5)n4n3)c(F)c2)COC1. The van der Waals surface area contributed by atoms with Crippen LogP contribution in [0.4, 0.5) is 14.5 Å². The van der Waals surface area contributed by atoms with Crippen LogP contribution in [-0.4, -0.2) is 71.7 Å².